The van der Waals surface area contributed by atoms with Crippen LogP contribution in [0.25, 0.3) is 0 Å². The molecule has 2 N–H and O–H groups in total. The van der Waals surface area contributed by atoms with Gasteiger partial charge in [0.15, 0.2) is 0 Å². The van der Waals surface area contributed by atoms with Gasteiger partial charge in [-0.15, -0.1) is 0 Å². The van der Waals surface area contributed by atoms with Gasteiger partial charge in [-0.3, -0.25) is 0 Å². The Morgan fingerprint density at radius 1 is 1.20 bits per heavy atom. The van der Waals surface area contributed by atoms with Crippen molar-refractivity contribution in [1.29, 1.82) is 0 Å². The molecule has 0 fully saturated rings. The van der Waals surface area contributed by atoms with Crippen LogP contribution >= 0.6 is 11.6 Å². The molecule has 0 saturated heterocycles. The van der Waals surface area contributed by atoms with Crippen LogP contribution in [0.4, 0.5) is 8.78 Å². The van der Waals surface area contributed by atoms with Crippen LogP contribution in [-0.2, 0) is 6.42 Å². The van der Waals surface area contributed by atoms with Gasteiger partial charge < -0.3 is 10.5 Å². The van der Waals surface area contributed by atoms with Gasteiger partial charge in [0.1, 0.15) is 17.4 Å². The van der Waals surface area contributed by atoms with Crippen LogP contribution in [0, 0.1) is 11.6 Å². The predicted molar refractivity (Wildman–Crippen MR) is 75.0 cm³/mol. The van der Waals surface area contributed by atoms with E-state index in [9.17, 15) is 8.78 Å². The highest BCUT2D eigenvalue weighted by molar-refractivity contribution is 6.30. The van der Waals surface area contributed by atoms with Crippen LogP contribution < -0.4 is 10.5 Å². The van der Waals surface area contributed by atoms with Crippen molar-refractivity contribution in [3.05, 3.63) is 64.2 Å². The number of benzene rings is 2. The van der Waals surface area contributed by atoms with E-state index in [2.05, 4.69) is 0 Å². The highest BCUT2D eigenvalue weighted by Gasteiger charge is 2.15. The molecule has 0 bridgehead atoms. The molecule has 0 spiro atoms. The van der Waals surface area contributed by atoms with E-state index >= 15 is 0 Å². The molecule has 5 heteroatoms. The molecule has 0 aliphatic rings. The molecule has 2 nitrogen and oxygen atoms in total. The molecular formula is C15H14ClF2NO. The molecule has 2 aromatic carbocycles. The van der Waals surface area contributed by atoms with Crippen LogP contribution in [0.3, 0.4) is 0 Å². The van der Waals surface area contributed by atoms with Gasteiger partial charge in [-0.05, 0) is 36.2 Å². The summed E-state index contributed by atoms with van der Waals surface area (Å²) in [6, 6.07) is 8.03. The number of hydrogen-bond acceptors (Lipinski definition) is 2. The van der Waals surface area contributed by atoms with Crippen molar-refractivity contribution in [2.24, 2.45) is 5.73 Å². The lowest BCUT2D eigenvalue weighted by Crippen LogP contribution is -2.15. The topological polar surface area (TPSA) is 35.2 Å². The zero-order chi connectivity index (χ0) is 14.7. The van der Waals surface area contributed by atoms with Gasteiger partial charge in [0.05, 0.1) is 7.11 Å². The third-order valence-corrected chi connectivity index (χ3v) is 3.28. The number of methoxy groups -OCH3 is 1. The predicted octanol–water partition coefficient (Wildman–Crippen LogP) is 3.87. The summed E-state index contributed by atoms with van der Waals surface area (Å²) >= 11 is 5.94. The maximum absolute atomic E-state index is 13.6. The number of rotatable bonds is 4. The Balaban J connectivity index is 2.27. The van der Waals surface area contributed by atoms with Gasteiger partial charge >= 0.3 is 0 Å². The first kappa shape index (κ1) is 14.8. The Morgan fingerprint density at radius 3 is 2.60 bits per heavy atom. The fourth-order valence-electron chi connectivity index (χ4n) is 2.03. The minimum atomic E-state index is -0.611. The highest BCUT2D eigenvalue weighted by Crippen LogP contribution is 2.29. The highest BCUT2D eigenvalue weighted by atomic mass is 35.5. The summed E-state index contributed by atoms with van der Waals surface area (Å²) in [5.41, 5.74) is 7.11. The van der Waals surface area contributed by atoms with Crippen molar-refractivity contribution >= 4 is 11.6 Å². The molecule has 1 unspecified atom stereocenters. The monoisotopic (exact) mass is 297 g/mol. The smallest absolute Gasteiger partial charge is 0.129 e. The fourth-order valence-corrected chi connectivity index (χ4v) is 2.21. The van der Waals surface area contributed by atoms with E-state index in [4.69, 9.17) is 22.1 Å². The maximum atomic E-state index is 13.6. The lowest BCUT2D eigenvalue weighted by Gasteiger charge is -2.16. The second-order valence-corrected chi connectivity index (χ2v) is 4.87. The zero-order valence-electron chi connectivity index (χ0n) is 10.9. The van der Waals surface area contributed by atoms with Crippen LogP contribution in [0.1, 0.15) is 17.2 Å². The average Bonchev–Trinajstić information content (AvgIpc) is 2.41. The van der Waals surface area contributed by atoms with E-state index < -0.39 is 17.7 Å². The summed E-state index contributed by atoms with van der Waals surface area (Å²) in [5.74, 6) is -0.633. The molecule has 0 radical (unpaired) electrons. The summed E-state index contributed by atoms with van der Waals surface area (Å²) in [6.45, 7) is 0. The number of ether oxygens (including phenoxy) is 1. The molecule has 2 aromatic rings. The lowest BCUT2D eigenvalue weighted by atomic mass is 9.98. The molecular weight excluding hydrogens is 284 g/mol. The van der Waals surface area contributed by atoms with E-state index in [1.54, 1.807) is 18.2 Å². The lowest BCUT2D eigenvalue weighted by molar-refractivity contribution is 0.405. The van der Waals surface area contributed by atoms with Crippen molar-refractivity contribution in [1.82, 2.24) is 0 Å². The molecule has 106 valence electrons. The second kappa shape index (κ2) is 6.20. The Morgan fingerprint density at radius 2 is 1.95 bits per heavy atom. The van der Waals surface area contributed by atoms with Crippen molar-refractivity contribution in [2.45, 2.75) is 12.5 Å². The normalized spacial score (nSPS) is 12.2. The molecule has 0 heterocycles. The van der Waals surface area contributed by atoms with E-state index in [0.29, 0.717) is 21.9 Å². The molecule has 0 aliphatic heterocycles. The van der Waals surface area contributed by atoms with Crippen molar-refractivity contribution in [3.63, 3.8) is 0 Å². The van der Waals surface area contributed by atoms with Gasteiger partial charge in [0.2, 0.25) is 0 Å². The number of hydrogen-bond donors (Lipinski definition) is 1. The Labute approximate surface area is 121 Å². The summed E-state index contributed by atoms with van der Waals surface area (Å²) in [6.07, 6.45) is 0.225. The molecule has 0 saturated carbocycles. The van der Waals surface area contributed by atoms with E-state index in [-0.39, 0.29) is 6.42 Å². The van der Waals surface area contributed by atoms with E-state index in [1.807, 2.05) is 0 Å². The molecule has 2 rings (SSSR count). The maximum Gasteiger partial charge on any atom is 0.129 e. The first-order chi connectivity index (χ1) is 9.51. The molecule has 0 aromatic heterocycles. The van der Waals surface area contributed by atoms with E-state index in [1.165, 1.54) is 19.2 Å². The summed E-state index contributed by atoms with van der Waals surface area (Å²) in [4.78, 5) is 0. The van der Waals surface area contributed by atoms with Gasteiger partial charge in [0.25, 0.3) is 0 Å². The van der Waals surface area contributed by atoms with Gasteiger partial charge in [-0.2, -0.15) is 0 Å². The molecule has 0 aliphatic carbocycles. The van der Waals surface area contributed by atoms with Gasteiger partial charge in [-0.25, -0.2) is 8.78 Å². The number of nitrogens with two attached hydrogens (primary N) is 1. The minimum absolute atomic E-state index is 0.225. The minimum Gasteiger partial charge on any atom is -0.496 e. The SMILES string of the molecule is COc1ccc(Cl)cc1C(N)Cc1ccc(F)cc1F. The Hall–Kier alpha value is -1.65. The molecule has 1 atom stereocenters. The van der Waals surface area contributed by atoms with Crippen molar-refractivity contribution in [3.8, 4) is 5.75 Å². The molecule has 0 amide bonds. The zero-order valence-corrected chi connectivity index (χ0v) is 11.6. The summed E-state index contributed by atoms with van der Waals surface area (Å²) in [5, 5.41) is 0.524. The van der Waals surface area contributed by atoms with E-state index in [0.717, 1.165) is 6.07 Å². The Bertz CT molecular complexity index is 619. The first-order valence-electron chi connectivity index (χ1n) is 6.04. The van der Waals surface area contributed by atoms with Crippen LogP contribution in [0.2, 0.25) is 5.02 Å². The van der Waals surface area contributed by atoms with Crippen LogP contribution in [0.5, 0.6) is 5.75 Å². The Kier molecular flexibility index (Phi) is 4.57. The first-order valence-corrected chi connectivity index (χ1v) is 6.42. The third kappa shape index (κ3) is 3.26. The van der Waals surface area contributed by atoms with Gasteiger partial charge in [0, 0.05) is 22.7 Å². The van der Waals surface area contributed by atoms with Crippen molar-refractivity contribution in [2.75, 3.05) is 7.11 Å². The average molecular weight is 298 g/mol. The summed E-state index contributed by atoms with van der Waals surface area (Å²) < 4.78 is 31.7. The standard InChI is InChI=1S/C15H14ClF2NO/c1-20-15-5-3-10(16)7-12(15)14(19)6-9-2-4-11(17)8-13(9)18/h2-5,7-8,14H,6,19H2,1H3. The van der Waals surface area contributed by atoms with Gasteiger partial charge in [-0.1, -0.05) is 17.7 Å². The molecule has 20 heavy (non-hydrogen) atoms. The number of halogens is 3. The fraction of sp³-hybridized carbons (Fsp3) is 0.200. The second-order valence-electron chi connectivity index (χ2n) is 4.43. The van der Waals surface area contributed by atoms with Crippen LogP contribution in [0.15, 0.2) is 36.4 Å². The summed E-state index contributed by atoms with van der Waals surface area (Å²) in [7, 11) is 1.53. The van der Waals surface area contributed by atoms with Crippen LogP contribution in [-0.4, -0.2) is 7.11 Å². The van der Waals surface area contributed by atoms with Crippen molar-refractivity contribution < 1.29 is 13.5 Å². The largest absolute Gasteiger partial charge is 0.496 e. The quantitative estimate of drug-likeness (QED) is 0.930. The third-order valence-electron chi connectivity index (χ3n) is 3.05.